The van der Waals surface area contributed by atoms with E-state index in [0.29, 0.717) is 42.2 Å². The van der Waals surface area contributed by atoms with Crippen LogP contribution in [0.2, 0.25) is 0 Å². The van der Waals surface area contributed by atoms with E-state index >= 15 is 0 Å². The minimum Gasteiger partial charge on any atom is -0.493 e. The zero-order valence-electron chi connectivity index (χ0n) is 18.9. The van der Waals surface area contributed by atoms with Gasteiger partial charge in [-0.25, -0.2) is 4.79 Å². The van der Waals surface area contributed by atoms with Crippen LogP contribution in [0.25, 0.3) is 12.2 Å². The molecule has 0 atom stereocenters. The molecule has 0 aliphatic carbocycles. The number of rotatable bonds is 6. The Morgan fingerprint density at radius 2 is 1.87 bits per heavy atom. The lowest BCUT2D eigenvalue weighted by Crippen LogP contribution is -2.42. The van der Waals surface area contributed by atoms with E-state index in [0.717, 1.165) is 24.8 Å². The second kappa shape index (κ2) is 9.85. The van der Waals surface area contributed by atoms with Crippen LogP contribution < -0.4 is 9.47 Å². The second-order valence-corrected chi connectivity index (χ2v) is 8.61. The van der Waals surface area contributed by atoms with E-state index in [1.165, 1.54) is 0 Å². The van der Waals surface area contributed by atoms with Crippen molar-refractivity contribution in [3.05, 3.63) is 35.5 Å². The predicted molar refractivity (Wildman–Crippen MR) is 117 cm³/mol. The summed E-state index contributed by atoms with van der Waals surface area (Å²) in [5.41, 5.74) is 0.464. The number of methoxy groups -OCH3 is 2. The molecule has 168 valence electrons. The Labute approximate surface area is 183 Å². The van der Waals surface area contributed by atoms with Gasteiger partial charge in [0.15, 0.2) is 17.3 Å². The van der Waals surface area contributed by atoms with E-state index in [4.69, 9.17) is 18.7 Å². The highest BCUT2D eigenvalue weighted by molar-refractivity contribution is 5.68. The van der Waals surface area contributed by atoms with Gasteiger partial charge in [0, 0.05) is 25.6 Å². The van der Waals surface area contributed by atoms with Gasteiger partial charge in [-0.3, -0.25) is 0 Å². The standard InChI is InChI=1S/C23H31N3O5/c1-23(2,3)30-22(27)26-12-10-17(11-13-26)15-20-24-21(31-25-20)9-7-16-6-8-18(28-4)19(14-16)29-5/h6-9,14,17H,10-13,15H2,1-5H3/b9-7+. The first-order chi connectivity index (χ1) is 14.8. The Hall–Kier alpha value is -3.03. The molecule has 31 heavy (non-hydrogen) atoms. The maximum absolute atomic E-state index is 12.2. The third-order valence-corrected chi connectivity index (χ3v) is 5.05. The van der Waals surface area contributed by atoms with Crippen LogP contribution in [0, 0.1) is 5.92 Å². The van der Waals surface area contributed by atoms with Gasteiger partial charge in [-0.15, -0.1) is 0 Å². The number of likely N-dealkylation sites (tertiary alicyclic amines) is 1. The molecule has 0 N–H and O–H groups in total. The van der Waals surface area contributed by atoms with Crippen molar-refractivity contribution >= 4 is 18.2 Å². The molecule has 8 nitrogen and oxygen atoms in total. The maximum atomic E-state index is 12.2. The molecule has 1 amide bonds. The minimum absolute atomic E-state index is 0.243. The number of amides is 1. The fraction of sp³-hybridized carbons (Fsp3) is 0.522. The summed E-state index contributed by atoms with van der Waals surface area (Å²) in [5.74, 6) is 2.89. The average molecular weight is 430 g/mol. The molecule has 0 unspecified atom stereocenters. The van der Waals surface area contributed by atoms with Gasteiger partial charge in [0.1, 0.15) is 5.60 Å². The van der Waals surface area contributed by atoms with Crippen molar-refractivity contribution in [2.24, 2.45) is 5.92 Å². The molecule has 1 aliphatic heterocycles. The van der Waals surface area contributed by atoms with Crippen molar-refractivity contribution in [1.29, 1.82) is 0 Å². The Balaban J connectivity index is 1.52. The summed E-state index contributed by atoms with van der Waals surface area (Å²) in [7, 11) is 3.21. The lowest BCUT2D eigenvalue weighted by atomic mass is 9.93. The zero-order chi connectivity index (χ0) is 22.4. The molecule has 1 aliphatic rings. The van der Waals surface area contributed by atoms with Gasteiger partial charge in [0.2, 0.25) is 0 Å². The SMILES string of the molecule is COc1ccc(/C=C/c2nc(CC3CCN(C(=O)OC(C)(C)C)CC3)no2)cc1OC. The molecule has 1 aromatic carbocycles. The fourth-order valence-electron chi connectivity index (χ4n) is 3.45. The number of hydrogen-bond donors (Lipinski definition) is 0. The summed E-state index contributed by atoms with van der Waals surface area (Å²) in [6, 6.07) is 5.65. The molecule has 1 saturated heterocycles. The van der Waals surface area contributed by atoms with Gasteiger partial charge in [-0.1, -0.05) is 11.2 Å². The Kier molecular flexibility index (Phi) is 7.20. The molecule has 8 heteroatoms. The van der Waals surface area contributed by atoms with E-state index in [1.54, 1.807) is 25.2 Å². The molecule has 2 aromatic rings. The first-order valence-electron chi connectivity index (χ1n) is 10.5. The second-order valence-electron chi connectivity index (χ2n) is 8.61. The summed E-state index contributed by atoms with van der Waals surface area (Å²) >= 11 is 0. The lowest BCUT2D eigenvalue weighted by molar-refractivity contribution is 0.0183. The van der Waals surface area contributed by atoms with Crippen molar-refractivity contribution in [2.45, 2.75) is 45.6 Å². The van der Waals surface area contributed by atoms with Gasteiger partial charge in [-0.2, -0.15) is 4.98 Å². The zero-order valence-corrected chi connectivity index (χ0v) is 18.9. The van der Waals surface area contributed by atoms with Gasteiger partial charge in [0.25, 0.3) is 5.89 Å². The third kappa shape index (κ3) is 6.47. The molecule has 1 aromatic heterocycles. The van der Waals surface area contributed by atoms with E-state index in [2.05, 4.69) is 10.1 Å². The summed E-state index contributed by atoms with van der Waals surface area (Å²) in [6.07, 6.45) is 5.94. The van der Waals surface area contributed by atoms with E-state index < -0.39 is 5.60 Å². The fourth-order valence-corrected chi connectivity index (χ4v) is 3.45. The predicted octanol–water partition coefficient (Wildman–Crippen LogP) is 4.45. The molecule has 0 spiro atoms. The average Bonchev–Trinajstić information content (AvgIpc) is 3.18. The van der Waals surface area contributed by atoms with E-state index in [1.807, 2.05) is 45.0 Å². The number of carbonyl (C=O) groups excluding carboxylic acids is 1. The number of carbonyl (C=O) groups is 1. The molecule has 3 rings (SSSR count). The molecule has 0 saturated carbocycles. The highest BCUT2D eigenvalue weighted by atomic mass is 16.6. The molecule has 0 bridgehead atoms. The highest BCUT2D eigenvalue weighted by Crippen LogP contribution is 2.28. The number of aromatic nitrogens is 2. The van der Waals surface area contributed by atoms with Crippen LogP contribution in [0.5, 0.6) is 11.5 Å². The summed E-state index contributed by atoms with van der Waals surface area (Å²) < 4.78 is 21.4. The van der Waals surface area contributed by atoms with Gasteiger partial charge in [0.05, 0.1) is 14.2 Å². The van der Waals surface area contributed by atoms with Crippen molar-refractivity contribution in [3.63, 3.8) is 0 Å². The van der Waals surface area contributed by atoms with Gasteiger partial charge < -0.3 is 23.6 Å². The third-order valence-electron chi connectivity index (χ3n) is 5.05. The number of nitrogens with zero attached hydrogens (tertiary/aromatic N) is 3. The molecular weight excluding hydrogens is 398 g/mol. The normalized spacial score (nSPS) is 15.3. The van der Waals surface area contributed by atoms with Crippen LogP contribution >= 0.6 is 0 Å². The van der Waals surface area contributed by atoms with E-state index in [-0.39, 0.29) is 6.09 Å². The van der Waals surface area contributed by atoms with Crippen LogP contribution in [0.15, 0.2) is 22.7 Å². The first-order valence-corrected chi connectivity index (χ1v) is 10.5. The van der Waals surface area contributed by atoms with Gasteiger partial charge >= 0.3 is 6.09 Å². The van der Waals surface area contributed by atoms with Crippen molar-refractivity contribution < 1.29 is 23.5 Å². The number of hydrogen-bond acceptors (Lipinski definition) is 7. The number of piperidine rings is 1. The summed E-state index contributed by atoms with van der Waals surface area (Å²) in [6.45, 7) is 7.01. The largest absolute Gasteiger partial charge is 0.493 e. The molecular formula is C23H31N3O5. The molecule has 1 fully saturated rings. The van der Waals surface area contributed by atoms with Crippen LogP contribution in [-0.4, -0.2) is 54.0 Å². The molecule has 0 radical (unpaired) electrons. The highest BCUT2D eigenvalue weighted by Gasteiger charge is 2.27. The number of ether oxygens (including phenoxy) is 3. The minimum atomic E-state index is -0.473. The quantitative estimate of drug-likeness (QED) is 0.670. The summed E-state index contributed by atoms with van der Waals surface area (Å²) in [5, 5.41) is 4.10. The topological polar surface area (TPSA) is 86.9 Å². The smallest absolute Gasteiger partial charge is 0.410 e. The van der Waals surface area contributed by atoms with Crippen LogP contribution in [0.1, 0.15) is 50.9 Å². The Morgan fingerprint density at radius 1 is 1.16 bits per heavy atom. The Morgan fingerprint density at radius 3 is 2.52 bits per heavy atom. The van der Waals surface area contributed by atoms with Crippen molar-refractivity contribution in [2.75, 3.05) is 27.3 Å². The molecule has 2 heterocycles. The first kappa shape index (κ1) is 22.7. The Bertz CT molecular complexity index is 908. The number of benzene rings is 1. The summed E-state index contributed by atoms with van der Waals surface area (Å²) in [4.78, 5) is 18.4. The van der Waals surface area contributed by atoms with Crippen molar-refractivity contribution in [3.8, 4) is 11.5 Å². The maximum Gasteiger partial charge on any atom is 0.410 e. The van der Waals surface area contributed by atoms with Crippen LogP contribution in [-0.2, 0) is 11.2 Å². The van der Waals surface area contributed by atoms with Crippen LogP contribution in [0.4, 0.5) is 4.79 Å². The van der Waals surface area contributed by atoms with Crippen molar-refractivity contribution in [1.82, 2.24) is 15.0 Å². The monoisotopic (exact) mass is 429 g/mol. The van der Waals surface area contributed by atoms with E-state index in [9.17, 15) is 4.79 Å². The lowest BCUT2D eigenvalue weighted by Gasteiger charge is -2.33. The van der Waals surface area contributed by atoms with Gasteiger partial charge in [-0.05, 0) is 63.3 Å². The van der Waals surface area contributed by atoms with Crippen LogP contribution in [0.3, 0.4) is 0 Å².